The van der Waals surface area contributed by atoms with Gasteiger partial charge in [-0.1, -0.05) is 30.3 Å². The molecule has 3 aromatic rings. The first-order valence-corrected chi connectivity index (χ1v) is 5.62. The minimum Gasteiger partial charge on any atom is -0.249 e. The average molecular weight is 224 g/mol. The van der Waals surface area contributed by atoms with Crippen LogP contribution in [0.1, 0.15) is 6.92 Å². The summed E-state index contributed by atoms with van der Waals surface area (Å²) in [4.78, 5) is 8.99. The predicted molar refractivity (Wildman–Crippen MR) is 66.4 cm³/mol. The smallest absolute Gasteiger partial charge is 0.177 e. The highest BCUT2D eigenvalue weighted by atomic mass is 15.3. The predicted octanol–water partition coefficient (Wildman–Crippen LogP) is 2.51. The minimum absolute atomic E-state index is 0.802. The summed E-state index contributed by atoms with van der Waals surface area (Å²) in [5, 5.41) is 4.24. The summed E-state index contributed by atoms with van der Waals surface area (Å²) in [6.45, 7) is 2.85. The zero-order chi connectivity index (χ0) is 11.7. The van der Waals surface area contributed by atoms with Crippen LogP contribution in [0, 0.1) is 0 Å². The Morgan fingerprint density at radius 2 is 1.94 bits per heavy atom. The molecule has 0 aliphatic heterocycles. The Balaban J connectivity index is 2.19. The van der Waals surface area contributed by atoms with Crippen LogP contribution >= 0.6 is 0 Å². The van der Waals surface area contributed by atoms with Crippen molar-refractivity contribution in [3.8, 4) is 11.3 Å². The highest BCUT2D eigenvalue weighted by Gasteiger charge is 2.06. The monoisotopic (exact) mass is 224 g/mol. The van der Waals surface area contributed by atoms with Gasteiger partial charge in [0.2, 0.25) is 0 Å². The molecule has 0 saturated carbocycles. The summed E-state index contributed by atoms with van der Waals surface area (Å²) in [5.41, 5.74) is 3.64. The molecule has 1 aromatic carbocycles. The normalized spacial score (nSPS) is 10.9. The van der Waals surface area contributed by atoms with Crippen LogP contribution in [0.25, 0.3) is 22.4 Å². The molecule has 0 N–H and O–H groups in total. The van der Waals surface area contributed by atoms with Gasteiger partial charge in [-0.3, -0.25) is 0 Å². The van der Waals surface area contributed by atoms with Gasteiger partial charge < -0.3 is 0 Å². The number of rotatable bonds is 2. The number of aryl methyl sites for hydroxylation is 1. The van der Waals surface area contributed by atoms with Crippen molar-refractivity contribution in [2.24, 2.45) is 0 Å². The molecule has 2 aromatic heterocycles. The van der Waals surface area contributed by atoms with Crippen molar-refractivity contribution in [1.29, 1.82) is 0 Å². The quantitative estimate of drug-likeness (QED) is 0.671. The Labute approximate surface area is 98.9 Å². The molecule has 0 unspecified atom stereocenters. The highest BCUT2D eigenvalue weighted by molar-refractivity contribution is 5.73. The second kappa shape index (κ2) is 3.97. The van der Waals surface area contributed by atoms with Gasteiger partial charge in [-0.2, -0.15) is 5.10 Å². The number of benzene rings is 1. The fourth-order valence-corrected chi connectivity index (χ4v) is 1.83. The second-order valence-corrected chi connectivity index (χ2v) is 3.79. The maximum atomic E-state index is 4.61. The van der Waals surface area contributed by atoms with Gasteiger partial charge in [-0.15, -0.1) is 0 Å². The number of nitrogens with zero attached hydrogens (tertiary/aromatic N) is 4. The summed E-state index contributed by atoms with van der Waals surface area (Å²) in [5.74, 6) is 0. The van der Waals surface area contributed by atoms with Crippen molar-refractivity contribution >= 4 is 11.2 Å². The average Bonchev–Trinajstić information content (AvgIpc) is 2.81. The lowest BCUT2D eigenvalue weighted by Crippen LogP contribution is -1.98. The van der Waals surface area contributed by atoms with E-state index in [9.17, 15) is 0 Å². The topological polar surface area (TPSA) is 43.6 Å². The van der Waals surface area contributed by atoms with Gasteiger partial charge in [0.1, 0.15) is 5.52 Å². The molecule has 0 aliphatic rings. The molecule has 0 spiro atoms. The van der Waals surface area contributed by atoms with Gasteiger partial charge in [-0.05, 0) is 6.92 Å². The van der Waals surface area contributed by atoms with Crippen LogP contribution < -0.4 is 0 Å². The van der Waals surface area contributed by atoms with E-state index in [2.05, 4.69) is 15.1 Å². The molecule has 3 rings (SSSR count). The Hall–Kier alpha value is -2.23. The van der Waals surface area contributed by atoms with Crippen molar-refractivity contribution in [2.45, 2.75) is 13.5 Å². The van der Waals surface area contributed by atoms with Gasteiger partial charge in [-0.25, -0.2) is 14.6 Å². The number of hydrogen-bond donors (Lipinski definition) is 0. The zero-order valence-electron chi connectivity index (χ0n) is 9.54. The lowest BCUT2D eigenvalue weighted by atomic mass is 10.2. The lowest BCUT2D eigenvalue weighted by molar-refractivity contribution is 0.677. The minimum atomic E-state index is 0.802. The van der Waals surface area contributed by atoms with Crippen LogP contribution in [0.5, 0.6) is 0 Å². The van der Waals surface area contributed by atoms with Gasteiger partial charge in [0, 0.05) is 12.1 Å². The van der Waals surface area contributed by atoms with E-state index >= 15 is 0 Å². The number of aromatic nitrogens is 4. The van der Waals surface area contributed by atoms with Crippen molar-refractivity contribution in [2.75, 3.05) is 0 Å². The van der Waals surface area contributed by atoms with E-state index < -0.39 is 0 Å². The molecule has 0 atom stereocenters. The van der Waals surface area contributed by atoms with Gasteiger partial charge in [0.15, 0.2) is 5.65 Å². The maximum absolute atomic E-state index is 4.61. The molecule has 84 valence electrons. The largest absolute Gasteiger partial charge is 0.249 e. The molecule has 4 heteroatoms. The Kier molecular flexibility index (Phi) is 2.33. The van der Waals surface area contributed by atoms with Crippen LogP contribution in [0.3, 0.4) is 0 Å². The molecule has 0 bridgehead atoms. The summed E-state index contributed by atoms with van der Waals surface area (Å²) < 4.78 is 1.86. The maximum Gasteiger partial charge on any atom is 0.177 e. The Bertz CT molecular complexity index is 643. The van der Waals surface area contributed by atoms with E-state index in [1.165, 1.54) is 0 Å². The first-order valence-electron chi connectivity index (χ1n) is 5.62. The molecule has 2 heterocycles. The fraction of sp³-hybridized carbons (Fsp3) is 0.154. The number of fused-ring (bicyclic) bond motifs is 1. The summed E-state index contributed by atoms with van der Waals surface area (Å²) in [6, 6.07) is 10.0. The summed E-state index contributed by atoms with van der Waals surface area (Å²) in [6.07, 6.45) is 3.54. The standard InChI is InChI=1S/C13H12N4/c1-2-17-13-12(9-15-17)14-8-11(16-13)10-6-4-3-5-7-10/h3-9H,2H2,1H3. The van der Waals surface area contributed by atoms with Crippen molar-refractivity contribution in [3.63, 3.8) is 0 Å². The van der Waals surface area contributed by atoms with Crippen LogP contribution in [-0.2, 0) is 6.54 Å². The Morgan fingerprint density at radius 1 is 1.12 bits per heavy atom. The van der Waals surface area contributed by atoms with Gasteiger partial charge in [0.05, 0.1) is 18.1 Å². The summed E-state index contributed by atoms with van der Waals surface area (Å²) >= 11 is 0. The molecule has 0 saturated heterocycles. The summed E-state index contributed by atoms with van der Waals surface area (Å²) in [7, 11) is 0. The lowest BCUT2D eigenvalue weighted by Gasteiger charge is -2.01. The SMILES string of the molecule is CCn1ncc2ncc(-c3ccccc3)nc21. The van der Waals surface area contributed by atoms with Gasteiger partial charge in [0.25, 0.3) is 0 Å². The van der Waals surface area contributed by atoms with E-state index in [-0.39, 0.29) is 0 Å². The number of hydrogen-bond acceptors (Lipinski definition) is 3. The molecular weight excluding hydrogens is 212 g/mol. The van der Waals surface area contributed by atoms with Crippen LogP contribution in [0.2, 0.25) is 0 Å². The van der Waals surface area contributed by atoms with E-state index in [1.807, 2.05) is 41.9 Å². The molecule has 0 fully saturated rings. The molecule has 0 aliphatic carbocycles. The molecule has 17 heavy (non-hydrogen) atoms. The van der Waals surface area contributed by atoms with Crippen LogP contribution in [0.4, 0.5) is 0 Å². The van der Waals surface area contributed by atoms with E-state index in [0.717, 1.165) is 29.0 Å². The molecule has 0 radical (unpaired) electrons. The van der Waals surface area contributed by atoms with Crippen molar-refractivity contribution < 1.29 is 0 Å². The third kappa shape index (κ3) is 1.67. The first kappa shape index (κ1) is 9.96. The van der Waals surface area contributed by atoms with Gasteiger partial charge >= 0.3 is 0 Å². The molecular formula is C13H12N4. The van der Waals surface area contributed by atoms with Crippen LogP contribution in [0.15, 0.2) is 42.7 Å². The second-order valence-electron chi connectivity index (χ2n) is 3.79. The molecule has 0 amide bonds. The third-order valence-electron chi connectivity index (χ3n) is 2.71. The first-order chi connectivity index (χ1) is 8.38. The highest BCUT2D eigenvalue weighted by Crippen LogP contribution is 2.18. The van der Waals surface area contributed by atoms with E-state index in [0.29, 0.717) is 0 Å². The van der Waals surface area contributed by atoms with Crippen LogP contribution in [-0.4, -0.2) is 19.7 Å². The van der Waals surface area contributed by atoms with Crippen molar-refractivity contribution in [3.05, 3.63) is 42.7 Å². The van der Waals surface area contributed by atoms with E-state index in [1.54, 1.807) is 12.4 Å². The Morgan fingerprint density at radius 3 is 2.71 bits per heavy atom. The van der Waals surface area contributed by atoms with E-state index in [4.69, 9.17) is 0 Å². The molecule has 4 nitrogen and oxygen atoms in total. The van der Waals surface area contributed by atoms with Crippen molar-refractivity contribution in [1.82, 2.24) is 19.7 Å². The fourth-order valence-electron chi connectivity index (χ4n) is 1.83. The zero-order valence-corrected chi connectivity index (χ0v) is 9.54. The third-order valence-corrected chi connectivity index (χ3v) is 2.71.